The number of fused-ring (bicyclic) bond motifs is 2. The first-order valence-electron chi connectivity index (χ1n) is 8.85. The summed E-state index contributed by atoms with van der Waals surface area (Å²) in [6.45, 7) is 3.30. The number of benzene rings is 1. The second-order valence-corrected chi connectivity index (χ2v) is 8.32. The molecule has 26 heavy (non-hydrogen) atoms. The van der Waals surface area contributed by atoms with Crippen molar-refractivity contribution in [1.82, 2.24) is 24.8 Å². The molecule has 1 aromatic heterocycles. The van der Waals surface area contributed by atoms with Crippen molar-refractivity contribution in [2.75, 3.05) is 6.54 Å². The molecule has 1 unspecified atom stereocenters. The van der Waals surface area contributed by atoms with Crippen molar-refractivity contribution >= 4 is 15.9 Å². The molecular formula is C17H21N5O3S. The molecule has 2 aromatic rings. The van der Waals surface area contributed by atoms with Crippen LogP contribution in [0.3, 0.4) is 0 Å². The summed E-state index contributed by atoms with van der Waals surface area (Å²) in [5.41, 5.74) is 1.30. The largest absolute Gasteiger partial charge is 0.352 e. The van der Waals surface area contributed by atoms with E-state index >= 15 is 0 Å². The Bertz CT molecular complexity index is 967. The lowest BCUT2D eigenvalue weighted by molar-refractivity contribution is 0.0945. The number of aryl methyl sites for hydroxylation is 2. The molecule has 9 heteroatoms. The Hall–Kier alpha value is -2.26. The molecular weight excluding hydrogens is 354 g/mol. The summed E-state index contributed by atoms with van der Waals surface area (Å²) in [5.74, 6) is 1.15. The molecule has 1 amide bonds. The number of nitrogens with zero attached hydrogens (tertiary/aromatic N) is 3. The number of sulfonamides is 1. The number of nitrogens with one attached hydrogen (secondary N) is 2. The first-order chi connectivity index (χ1) is 12.5. The van der Waals surface area contributed by atoms with Gasteiger partial charge in [0.05, 0.1) is 10.9 Å². The molecule has 0 bridgehead atoms. The standard InChI is InChI=1S/C17H21N5O3S/c1-2-15-19-16-14(4-3-9-22(16)20-15)21-26(24,25)12-6-5-11-7-8-18-17(23)13(11)10-12/h5-6,10,14,21H,2-4,7-9H2,1H3,(H,18,23). The summed E-state index contributed by atoms with van der Waals surface area (Å²) in [7, 11) is -3.77. The zero-order valence-corrected chi connectivity index (χ0v) is 15.3. The van der Waals surface area contributed by atoms with Crippen molar-refractivity contribution in [2.24, 2.45) is 0 Å². The van der Waals surface area contributed by atoms with E-state index in [2.05, 4.69) is 20.1 Å². The second-order valence-electron chi connectivity index (χ2n) is 6.60. The van der Waals surface area contributed by atoms with E-state index in [1.807, 2.05) is 6.92 Å². The zero-order chi connectivity index (χ0) is 18.3. The normalized spacial score (nSPS) is 19.6. The molecule has 0 saturated heterocycles. The number of hydrogen-bond donors (Lipinski definition) is 2. The number of carbonyl (C=O) groups excluding carboxylic acids is 1. The Labute approximate surface area is 152 Å². The van der Waals surface area contributed by atoms with Crippen LogP contribution in [0.4, 0.5) is 0 Å². The summed E-state index contributed by atoms with van der Waals surface area (Å²) in [5, 5.41) is 7.15. The van der Waals surface area contributed by atoms with Gasteiger partial charge in [-0.1, -0.05) is 13.0 Å². The van der Waals surface area contributed by atoms with Gasteiger partial charge in [0.2, 0.25) is 10.0 Å². The maximum Gasteiger partial charge on any atom is 0.251 e. The molecule has 0 spiro atoms. The SMILES string of the molecule is CCc1nc2n(n1)CCCC2NS(=O)(=O)c1ccc2c(c1)C(=O)NCC2. The number of hydrogen-bond acceptors (Lipinski definition) is 5. The van der Waals surface area contributed by atoms with Gasteiger partial charge in [-0.15, -0.1) is 0 Å². The quantitative estimate of drug-likeness (QED) is 0.827. The molecule has 2 aliphatic heterocycles. The highest BCUT2D eigenvalue weighted by Crippen LogP contribution is 2.26. The van der Waals surface area contributed by atoms with Crippen LogP contribution in [0.25, 0.3) is 0 Å². The number of carbonyl (C=O) groups is 1. The highest BCUT2D eigenvalue weighted by molar-refractivity contribution is 7.89. The van der Waals surface area contributed by atoms with E-state index in [1.165, 1.54) is 6.07 Å². The number of amides is 1. The van der Waals surface area contributed by atoms with Crippen LogP contribution in [0.2, 0.25) is 0 Å². The Morgan fingerprint density at radius 2 is 2.23 bits per heavy atom. The fourth-order valence-electron chi connectivity index (χ4n) is 3.47. The zero-order valence-electron chi connectivity index (χ0n) is 14.5. The molecule has 1 aromatic carbocycles. The summed E-state index contributed by atoms with van der Waals surface area (Å²) < 4.78 is 30.3. The van der Waals surface area contributed by atoms with Crippen molar-refractivity contribution in [3.63, 3.8) is 0 Å². The van der Waals surface area contributed by atoms with Crippen LogP contribution in [-0.2, 0) is 29.4 Å². The average molecular weight is 375 g/mol. The van der Waals surface area contributed by atoms with Gasteiger partial charge in [-0.3, -0.25) is 4.79 Å². The fourth-order valence-corrected chi connectivity index (χ4v) is 4.73. The minimum absolute atomic E-state index is 0.0978. The highest BCUT2D eigenvalue weighted by atomic mass is 32.2. The van der Waals surface area contributed by atoms with Gasteiger partial charge in [-0.2, -0.15) is 5.10 Å². The molecule has 2 aliphatic rings. The molecule has 0 fully saturated rings. The summed E-state index contributed by atoms with van der Waals surface area (Å²) in [4.78, 5) is 16.6. The molecule has 0 saturated carbocycles. The molecule has 0 aliphatic carbocycles. The van der Waals surface area contributed by atoms with Gasteiger partial charge in [0, 0.05) is 25.1 Å². The van der Waals surface area contributed by atoms with E-state index in [-0.39, 0.29) is 10.8 Å². The highest BCUT2D eigenvalue weighted by Gasteiger charge is 2.29. The Morgan fingerprint density at radius 3 is 3.04 bits per heavy atom. The van der Waals surface area contributed by atoms with Gasteiger partial charge in [0.15, 0.2) is 5.82 Å². The molecule has 8 nitrogen and oxygen atoms in total. The van der Waals surface area contributed by atoms with E-state index in [4.69, 9.17) is 0 Å². The van der Waals surface area contributed by atoms with Crippen LogP contribution in [0, 0.1) is 0 Å². The van der Waals surface area contributed by atoms with Gasteiger partial charge in [0.25, 0.3) is 5.91 Å². The molecule has 3 heterocycles. The Kier molecular flexibility index (Phi) is 4.28. The van der Waals surface area contributed by atoms with E-state index in [0.29, 0.717) is 37.2 Å². The van der Waals surface area contributed by atoms with Crippen molar-refractivity contribution in [2.45, 2.75) is 50.1 Å². The molecule has 0 radical (unpaired) electrons. The minimum atomic E-state index is -3.77. The number of rotatable bonds is 4. The fraction of sp³-hybridized carbons (Fsp3) is 0.471. The van der Waals surface area contributed by atoms with Gasteiger partial charge in [-0.25, -0.2) is 22.8 Å². The van der Waals surface area contributed by atoms with Gasteiger partial charge < -0.3 is 5.32 Å². The monoisotopic (exact) mass is 375 g/mol. The van der Waals surface area contributed by atoms with E-state index in [0.717, 1.165) is 24.4 Å². The smallest absolute Gasteiger partial charge is 0.251 e. The van der Waals surface area contributed by atoms with Crippen molar-refractivity contribution < 1.29 is 13.2 Å². The van der Waals surface area contributed by atoms with E-state index in [1.54, 1.807) is 16.8 Å². The van der Waals surface area contributed by atoms with Gasteiger partial charge in [-0.05, 0) is 37.0 Å². The molecule has 2 N–H and O–H groups in total. The van der Waals surface area contributed by atoms with Crippen LogP contribution in [0.1, 0.15) is 53.4 Å². The molecule has 1 atom stereocenters. The third-order valence-electron chi connectivity index (χ3n) is 4.85. The Morgan fingerprint density at radius 1 is 1.38 bits per heavy atom. The lowest BCUT2D eigenvalue weighted by Gasteiger charge is -2.23. The molecule has 138 valence electrons. The maximum atomic E-state index is 12.9. The van der Waals surface area contributed by atoms with E-state index < -0.39 is 16.1 Å². The van der Waals surface area contributed by atoms with Gasteiger partial charge >= 0.3 is 0 Å². The van der Waals surface area contributed by atoms with Crippen LogP contribution >= 0.6 is 0 Å². The predicted octanol–water partition coefficient (Wildman–Crippen LogP) is 0.940. The van der Waals surface area contributed by atoms with Crippen LogP contribution in [0.5, 0.6) is 0 Å². The van der Waals surface area contributed by atoms with Gasteiger partial charge in [0.1, 0.15) is 5.82 Å². The minimum Gasteiger partial charge on any atom is -0.352 e. The summed E-state index contributed by atoms with van der Waals surface area (Å²) >= 11 is 0. The second kappa shape index (κ2) is 6.48. The maximum absolute atomic E-state index is 12.9. The predicted molar refractivity (Wildman–Crippen MR) is 94.2 cm³/mol. The topological polar surface area (TPSA) is 106 Å². The molecule has 4 rings (SSSR count). The van der Waals surface area contributed by atoms with E-state index in [9.17, 15) is 13.2 Å². The van der Waals surface area contributed by atoms with Crippen molar-refractivity contribution in [3.05, 3.63) is 41.0 Å². The first kappa shape index (κ1) is 17.2. The lowest BCUT2D eigenvalue weighted by atomic mass is 10.0. The average Bonchev–Trinajstić information content (AvgIpc) is 3.06. The third kappa shape index (κ3) is 3.01. The summed E-state index contributed by atoms with van der Waals surface area (Å²) in [6, 6.07) is 4.33. The lowest BCUT2D eigenvalue weighted by Crippen LogP contribution is -2.34. The van der Waals surface area contributed by atoms with Crippen molar-refractivity contribution in [1.29, 1.82) is 0 Å². The van der Waals surface area contributed by atoms with Crippen LogP contribution in [-0.4, -0.2) is 35.6 Å². The van der Waals surface area contributed by atoms with Crippen molar-refractivity contribution in [3.8, 4) is 0 Å². The van der Waals surface area contributed by atoms with Crippen LogP contribution < -0.4 is 10.0 Å². The Balaban J connectivity index is 1.64. The third-order valence-corrected chi connectivity index (χ3v) is 6.32. The first-order valence-corrected chi connectivity index (χ1v) is 10.3. The summed E-state index contributed by atoms with van der Waals surface area (Å²) in [6.07, 6.45) is 2.92. The number of aromatic nitrogens is 3. The van der Waals surface area contributed by atoms with Crippen LogP contribution in [0.15, 0.2) is 23.1 Å².